The second-order valence-electron chi connectivity index (χ2n) is 5.04. The van der Waals surface area contributed by atoms with Gasteiger partial charge in [0.2, 0.25) is 0 Å². The molecule has 0 aliphatic rings. The number of aryl methyl sites for hydroxylation is 1. The van der Waals surface area contributed by atoms with Gasteiger partial charge in [0.05, 0.1) is 0 Å². The second kappa shape index (κ2) is 7.06. The molecule has 0 fully saturated rings. The number of benzene rings is 1. The maximum atomic E-state index is 4.48. The molecule has 0 saturated heterocycles. The Morgan fingerprint density at radius 1 is 1.20 bits per heavy atom. The molecule has 0 amide bonds. The number of hydrogen-bond acceptors (Lipinski definition) is 3. The van der Waals surface area contributed by atoms with Gasteiger partial charge in [-0.2, -0.15) is 0 Å². The smallest absolute Gasteiger partial charge is 0.132 e. The molecule has 0 saturated carbocycles. The van der Waals surface area contributed by atoms with Crippen molar-refractivity contribution >= 4 is 11.5 Å². The largest absolute Gasteiger partial charge is 0.329 e. The molecular formula is C17H23N3. The fraction of sp³-hybridized carbons (Fsp3) is 0.353. The van der Waals surface area contributed by atoms with E-state index < -0.39 is 0 Å². The van der Waals surface area contributed by atoms with Crippen LogP contribution in [0.4, 0.5) is 11.5 Å². The lowest BCUT2D eigenvalue weighted by Gasteiger charge is -2.21. The van der Waals surface area contributed by atoms with E-state index in [9.17, 15) is 0 Å². The van der Waals surface area contributed by atoms with Crippen LogP contribution >= 0.6 is 0 Å². The van der Waals surface area contributed by atoms with Gasteiger partial charge in [-0.25, -0.2) is 4.98 Å². The summed E-state index contributed by atoms with van der Waals surface area (Å²) in [4.78, 5) is 6.62. The maximum absolute atomic E-state index is 4.48. The van der Waals surface area contributed by atoms with Gasteiger partial charge in [-0.05, 0) is 49.2 Å². The number of rotatable bonds is 6. The van der Waals surface area contributed by atoms with Gasteiger partial charge in [-0.15, -0.1) is 0 Å². The van der Waals surface area contributed by atoms with Crippen LogP contribution in [0.1, 0.15) is 24.5 Å². The zero-order valence-corrected chi connectivity index (χ0v) is 12.6. The molecule has 1 N–H and O–H groups in total. The number of anilines is 2. The van der Waals surface area contributed by atoms with Crippen molar-refractivity contribution in [3.8, 4) is 0 Å². The number of para-hydroxylation sites is 1. The molecule has 1 heterocycles. The van der Waals surface area contributed by atoms with Crippen molar-refractivity contribution in [1.29, 1.82) is 0 Å². The van der Waals surface area contributed by atoms with Crippen molar-refractivity contribution in [3.63, 3.8) is 0 Å². The van der Waals surface area contributed by atoms with Crippen LogP contribution in [0.2, 0.25) is 0 Å². The van der Waals surface area contributed by atoms with Crippen LogP contribution in [0, 0.1) is 6.92 Å². The molecule has 3 heteroatoms. The first-order chi connectivity index (χ1) is 9.72. The number of aromatic nitrogens is 1. The number of nitrogens with zero attached hydrogens (tertiary/aromatic N) is 2. The van der Waals surface area contributed by atoms with E-state index >= 15 is 0 Å². The summed E-state index contributed by atoms with van der Waals surface area (Å²) < 4.78 is 0. The highest BCUT2D eigenvalue weighted by atomic mass is 15.2. The summed E-state index contributed by atoms with van der Waals surface area (Å²) in [5.74, 6) is 0.982. The molecule has 3 nitrogen and oxygen atoms in total. The lowest BCUT2D eigenvalue weighted by molar-refractivity contribution is 0.675. The van der Waals surface area contributed by atoms with Crippen molar-refractivity contribution in [1.82, 2.24) is 10.3 Å². The van der Waals surface area contributed by atoms with E-state index in [2.05, 4.69) is 72.5 Å². The highest BCUT2D eigenvalue weighted by Gasteiger charge is 2.08. The van der Waals surface area contributed by atoms with Gasteiger partial charge in [0.25, 0.3) is 0 Å². The summed E-state index contributed by atoms with van der Waals surface area (Å²) in [7, 11) is 2.06. The minimum Gasteiger partial charge on any atom is -0.329 e. The van der Waals surface area contributed by atoms with Crippen LogP contribution in [0.15, 0.2) is 42.6 Å². The Bertz CT molecular complexity index is 551. The molecule has 2 aromatic rings. The summed E-state index contributed by atoms with van der Waals surface area (Å²) in [5.41, 5.74) is 3.72. The zero-order chi connectivity index (χ0) is 14.4. The van der Waals surface area contributed by atoms with Crippen LogP contribution in [-0.4, -0.2) is 18.6 Å². The van der Waals surface area contributed by atoms with Crippen molar-refractivity contribution in [2.24, 2.45) is 0 Å². The van der Waals surface area contributed by atoms with E-state index in [1.807, 2.05) is 6.20 Å². The first-order valence-corrected chi connectivity index (χ1v) is 7.17. The van der Waals surface area contributed by atoms with E-state index in [1.54, 1.807) is 0 Å². The Balaban J connectivity index is 2.16. The Hall–Kier alpha value is -1.87. The molecule has 0 spiro atoms. The maximum Gasteiger partial charge on any atom is 0.132 e. The molecule has 1 aromatic heterocycles. The van der Waals surface area contributed by atoms with Gasteiger partial charge < -0.3 is 10.2 Å². The molecule has 2 rings (SSSR count). The van der Waals surface area contributed by atoms with Gasteiger partial charge in [0.1, 0.15) is 5.82 Å². The second-order valence-corrected chi connectivity index (χ2v) is 5.04. The van der Waals surface area contributed by atoms with E-state index in [0.29, 0.717) is 0 Å². The monoisotopic (exact) mass is 269 g/mol. The summed E-state index contributed by atoms with van der Waals surface area (Å²) in [6.07, 6.45) is 3.04. The SMILES string of the molecule is CCCNCc1ccnc(N(C)c2ccccc2C)c1. The molecule has 20 heavy (non-hydrogen) atoms. The van der Waals surface area contributed by atoms with Crippen LogP contribution in [0.25, 0.3) is 0 Å². The van der Waals surface area contributed by atoms with Crippen LogP contribution in [0.5, 0.6) is 0 Å². The molecule has 0 aliphatic heterocycles. The van der Waals surface area contributed by atoms with Crippen molar-refractivity contribution in [3.05, 3.63) is 53.7 Å². The fourth-order valence-electron chi connectivity index (χ4n) is 2.23. The first-order valence-electron chi connectivity index (χ1n) is 7.17. The van der Waals surface area contributed by atoms with Gasteiger partial charge in [-0.1, -0.05) is 25.1 Å². The lowest BCUT2D eigenvalue weighted by Crippen LogP contribution is -2.16. The average Bonchev–Trinajstić information content (AvgIpc) is 2.48. The number of hydrogen-bond donors (Lipinski definition) is 1. The van der Waals surface area contributed by atoms with Crippen molar-refractivity contribution in [2.75, 3.05) is 18.5 Å². The minimum atomic E-state index is 0.894. The minimum absolute atomic E-state index is 0.894. The van der Waals surface area contributed by atoms with E-state index in [-0.39, 0.29) is 0 Å². The van der Waals surface area contributed by atoms with E-state index in [1.165, 1.54) is 16.8 Å². The van der Waals surface area contributed by atoms with Gasteiger partial charge in [-0.3, -0.25) is 0 Å². The molecule has 106 valence electrons. The fourth-order valence-corrected chi connectivity index (χ4v) is 2.23. The predicted octanol–water partition coefficient (Wildman–Crippen LogP) is 3.66. The zero-order valence-electron chi connectivity index (χ0n) is 12.6. The molecule has 0 atom stereocenters. The van der Waals surface area contributed by atoms with E-state index in [4.69, 9.17) is 0 Å². The molecule has 0 bridgehead atoms. The first kappa shape index (κ1) is 14.5. The molecule has 0 unspecified atom stereocenters. The Kier molecular flexibility index (Phi) is 5.13. The van der Waals surface area contributed by atoms with Gasteiger partial charge in [0.15, 0.2) is 0 Å². The third kappa shape index (κ3) is 3.58. The predicted molar refractivity (Wildman–Crippen MR) is 85.5 cm³/mol. The number of nitrogens with one attached hydrogen (secondary N) is 1. The normalized spacial score (nSPS) is 10.6. The van der Waals surface area contributed by atoms with Gasteiger partial charge in [0, 0.05) is 25.5 Å². The van der Waals surface area contributed by atoms with Crippen LogP contribution in [0.3, 0.4) is 0 Å². The highest BCUT2D eigenvalue weighted by molar-refractivity contribution is 5.63. The third-order valence-corrected chi connectivity index (χ3v) is 3.39. The third-order valence-electron chi connectivity index (χ3n) is 3.39. The van der Waals surface area contributed by atoms with Gasteiger partial charge >= 0.3 is 0 Å². The summed E-state index contributed by atoms with van der Waals surface area (Å²) in [6, 6.07) is 12.6. The van der Waals surface area contributed by atoms with Crippen molar-refractivity contribution < 1.29 is 0 Å². The Labute approximate surface area is 121 Å². The van der Waals surface area contributed by atoms with E-state index in [0.717, 1.165) is 25.3 Å². The summed E-state index contributed by atoms with van der Waals surface area (Å²) in [6.45, 7) is 6.24. The summed E-state index contributed by atoms with van der Waals surface area (Å²) in [5, 5.41) is 3.42. The molecular weight excluding hydrogens is 246 g/mol. The van der Waals surface area contributed by atoms with Crippen LogP contribution in [-0.2, 0) is 6.54 Å². The lowest BCUT2D eigenvalue weighted by atomic mass is 10.2. The molecule has 1 aromatic carbocycles. The quantitative estimate of drug-likeness (QED) is 0.811. The van der Waals surface area contributed by atoms with Crippen molar-refractivity contribution in [2.45, 2.75) is 26.8 Å². The molecule has 0 radical (unpaired) electrons. The summed E-state index contributed by atoms with van der Waals surface area (Å²) >= 11 is 0. The average molecular weight is 269 g/mol. The standard InChI is InChI=1S/C17H23N3/c1-4-10-18-13-15-9-11-19-17(12-15)20(3)16-8-6-5-7-14(16)2/h5-9,11-12,18H,4,10,13H2,1-3H3. The topological polar surface area (TPSA) is 28.2 Å². The highest BCUT2D eigenvalue weighted by Crippen LogP contribution is 2.25. The van der Waals surface area contributed by atoms with Crippen LogP contribution < -0.4 is 10.2 Å². The Morgan fingerprint density at radius 3 is 2.75 bits per heavy atom. The number of pyridine rings is 1. The Morgan fingerprint density at radius 2 is 2.00 bits per heavy atom. The molecule has 0 aliphatic carbocycles.